The van der Waals surface area contributed by atoms with E-state index in [-0.39, 0.29) is 48.9 Å². The molecule has 3 fully saturated rings. The summed E-state index contributed by atoms with van der Waals surface area (Å²) in [5, 5.41) is 34.6. The van der Waals surface area contributed by atoms with Crippen LogP contribution in [-0.4, -0.2) is 162 Å². The van der Waals surface area contributed by atoms with E-state index in [1.807, 2.05) is 39.8 Å². The molecule has 19 atom stereocenters. The van der Waals surface area contributed by atoms with Crippen LogP contribution in [0.2, 0.25) is 0 Å². The molecule has 0 aromatic rings. The Kier molecular flexibility index (Phi) is 21.7. The number of carbonyl (C=O) groups is 3. The van der Waals surface area contributed by atoms with E-state index in [9.17, 15) is 29.7 Å². The molecular formula is C46H83NO14S2. The standard InChI is InChI=1S/C46H83NO14S2/c1-15-33-46(10,53)39(50)27(4)36(49)25(2)23-45(9,55-14)41(28(5)37(29(6)42(52)58-33)60-35-24-44(8,54-13)40(51)30(7)57-35)61-43-38(32(47(11)12)22-26(3)56-43)59-34(48)19-17-16-18-31(63)20-21-62/h25-33,35,37-41,43,50-51,53,62-63H,15-24H2,1-14H3/t25-,26-,27+,28+,29-,30+,31-,32+,33-,35+,37+,38-,39-,40+,41-,43+,44-,45-,46-/m1/s1. The molecule has 3 heterocycles. The van der Waals surface area contributed by atoms with Crippen LogP contribution in [-0.2, 0) is 52.3 Å². The third-order valence-corrected chi connectivity index (χ3v) is 14.9. The number of ether oxygens (including phenoxy) is 8. The zero-order valence-electron chi connectivity index (χ0n) is 40.5. The average Bonchev–Trinajstić information content (AvgIpc) is 3.23. The van der Waals surface area contributed by atoms with E-state index in [0.29, 0.717) is 12.8 Å². The summed E-state index contributed by atoms with van der Waals surface area (Å²) in [4.78, 5) is 44.3. The number of thiol groups is 2. The first-order chi connectivity index (χ1) is 29.3. The van der Waals surface area contributed by atoms with E-state index < -0.39 is 108 Å². The van der Waals surface area contributed by atoms with Crippen molar-refractivity contribution in [2.75, 3.05) is 34.1 Å². The average molecular weight is 938 g/mol. The van der Waals surface area contributed by atoms with Crippen LogP contribution in [0.5, 0.6) is 0 Å². The highest BCUT2D eigenvalue weighted by molar-refractivity contribution is 7.81. The van der Waals surface area contributed by atoms with Crippen molar-refractivity contribution in [1.82, 2.24) is 4.90 Å². The Hall–Kier alpha value is -1.09. The van der Waals surface area contributed by atoms with Gasteiger partial charge in [-0.15, -0.1) is 0 Å². The second-order valence-corrected chi connectivity index (χ2v) is 20.7. The zero-order chi connectivity index (χ0) is 47.8. The molecule has 0 saturated carbocycles. The van der Waals surface area contributed by atoms with Crippen molar-refractivity contribution in [2.24, 2.45) is 23.7 Å². The molecule has 3 aliphatic rings. The maximum atomic E-state index is 14.4. The predicted molar refractivity (Wildman–Crippen MR) is 245 cm³/mol. The molecule has 368 valence electrons. The smallest absolute Gasteiger partial charge is 0.311 e. The van der Waals surface area contributed by atoms with E-state index >= 15 is 0 Å². The van der Waals surface area contributed by atoms with Crippen molar-refractivity contribution in [2.45, 2.75) is 217 Å². The number of carbonyl (C=O) groups excluding carboxylic acids is 3. The number of ketones is 1. The summed E-state index contributed by atoms with van der Waals surface area (Å²) in [5.41, 5.74) is -4.37. The fourth-order valence-corrected chi connectivity index (χ4v) is 10.7. The lowest BCUT2D eigenvalue weighted by atomic mass is 9.74. The lowest BCUT2D eigenvalue weighted by molar-refractivity contribution is -0.320. The lowest BCUT2D eigenvalue weighted by Gasteiger charge is -2.50. The van der Waals surface area contributed by atoms with Crippen molar-refractivity contribution in [1.29, 1.82) is 0 Å². The second-order valence-electron chi connectivity index (χ2n) is 19.5. The van der Waals surface area contributed by atoms with Gasteiger partial charge in [0.15, 0.2) is 18.7 Å². The Bertz CT molecular complexity index is 1460. The molecule has 3 aliphatic heterocycles. The Labute approximate surface area is 388 Å². The third kappa shape index (κ3) is 14.0. The first-order valence-corrected chi connectivity index (χ1v) is 24.2. The molecule has 0 spiro atoms. The van der Waals surface area contributed by atoms with Crippen molar-refractivity contribution >= 4 is 43.0 Å². The molecule has 0 aliphatic carbocycles. The third-order valence-electron chi connectivity index (χ3n) is 14.1. The van der Waals surface area contributed by atoms with E-state index in [0.717, 1.165) is 25.0 Å². The number of aliphatic hydroxyl groups is 3. The first kappa shape index (κ1) is 56.2. The summed E-state index contributed by atoms with van der Waals surface area (Å²) in [6.45, 7) is 17.1. The molecule has 0 bridgehead atoms. The van der Waals surface area contributed by atoms with Crippen molar-refractivity contribution in [3.8, 4) is 0 Å². The van der Waals surface area contributed by atoms with Gasteiger partial charge in [-0.05, 0) is 99.9 Å². The maximum Gasteiger partial charge on any atom is 0.311 e. The largest absolute Gasteiger partial charge is 0.459 e. The van der Waals surface area contributed by atoms with Gasteiger partial charge in [0.25, 0.3) is 0 Å². The number of Topliss-reactive ketones (excluding diaryl/α,β-unsaturated/α-hetero) is 1. The van der Waals surface area contributed by atoms with Gasteiger partial charge in [-0.3, -0.25) is 14.4 Å². The summed E-state index contributed by atoms with van der Waals surface area (Å²) < 4.78 is 51.4. The van der Waals surface area contributed by atoms with Crippen LogP contribution in [0.3, 0.4) is 0 Å². The monoisotopic (exact) mass is 938 g/mol. The molecule has 3 N–H and O–H groups in total. The molecule has 17 heteroatoms. The minimum atomic E-state index is -1.99. The quantitative estimate of drug-likeness (QED) is 0.0775. The summed E-state index contributed by atoms with van der Waals surface area (Å²) in [7, 11) is 6.84. The highest BCUT2D eigenvalue weighted by Crippen LogP contribution is 2.42. The normalized spacial score (nSPS) is 43.0. The molecule has 0 unspecified atom stereocenters. The predicted octanol–water partition coefficient (Wildman–Crippen LogP) is 5.17. The summed E-state index contributed by atoms with van der Waals surface area (Å²) in [5.74, 6) is -4.33. The Balaban J connectivity index is 2.20. The summed E-state index contributed by atoms with van der Waals surface area (Å²) >= 11 is 8.94. The number of cyclic esters (lactones) is 1. The highest BCUT2D eigenvalue weighted by Gasteiger charge is 2.54. The van der Waals surface area contributed by atoms with E-state index in [2.05, 4.69) is 25.3 Å². The number of hydrogen-bond acceptors (Lipinski definition) is 17. The molecular weight excluding hydrogens is 855 g/mol. The van der Waals surface area contributed by atoms with Gasteiger partial charge in [-0.1, -0.05) is 34.1 Å². The van der Waals surface area contributed by atoms with Gasteiger partial charge in [0, 0.05) is 50.1 Å². The summed E-state index contributed by atoms with van der Waals surface area (Å²) in [6, 6.07) is -0.305. The Morgan fingerprint density at radius 3 is 2.10 bits per heavy atom. The van der Waals surface area contributed by atoms with Crippen molar-refractivity contribution in [3.63, 3.8) is 0 Å². The van der Waals surface area contributed by atoms with Gasteiger partial charge < -0.3 is 58.1 Å². The van der Waals surface area contributed by atoms with E-state index in [1.54, 1.807) is 41.5 Å². The maximum absolute atomic E-state index is 14.4. The number of hydrogen-bond donors (Lipinski definition) is 5. The molecule has 3 rings (SSSR count). The molecule has 0 aromatic heterocycles. The molecule has 63 heavy (non-hydrogen) atoms. The van der Waals surface area contributed by atoms with Crippen LogP contribution in [0.4, 0.5) is 0 Å². The van der Waals surface area contributed by atoms with Crippen LogP contribution in [0.25, 0.3) is 0 Å². The van der Waals surface area contributed by atoms with Gasteiger partial charge in [0.2, 0.25) is 0 Å². The number of likely N-dealkylation sites (N-methyl/N-ethyl adjacent to an activating group) is 1. The van der Waals surface area contributed by atoms with E-state index in [1.165, 1.54) is 21.1 Å². The minimum Gasteiger partial charge on any atom is -0.459 e. The van der Waals surface area contributed by atoms with Crippen molar-refractivity contribution in [3.05, 3.63) is 0 Å². The van der Waals surface area contributed by atoms with Crippen LogP contribution in [0, 0.1) is 23.7 Å². The van der Waals surface area contributed by atoms with Gasteiger partial charge in [0.1, 0.15) is 23.6 Å². The SMILES string of the molecule is CC[C@H]1OC(=O)[C@H](C)[C@@H](O[C@H]2C[C@@](C)(OC)[C@@H](O)[C@H](C)O2)[C@H](C)[C@@H](O[C@@H]2O[C@H](C)C[C@H](N(C)C)[C@H]2OC(=O)CCCC[C@@H](S)CCS)[C@](C)(OC)C[C@@H](C)C(=O)[C@H](C)[C@@H](O)[C@]1(C)O. The Morgan fingerprint density at radius 1 is 0.889 bits per heavy atom. The van der Waals surface area contributed by atoms with Crippen LogP contribution in [0.1, 0.15) is 127 Å². The topological polar surface area (TPSA) is 189 Å². The zero-order valence-corrected chi connectivity index (χ0v) is 42.3. The van der Waals surface area contributed by atoms with Crippen molar-refractivity contribution < 1.29 is 67.6 Å². The number of nitrogens with zero attached hydrogens (tertiary/aromatic N) is 1. The number of unbranched alkanes of at least 4 members (excludes halogenated alkanes) is 1. The fourth-order valence-electron chi connectivity index (χ4n) is 9.85. The second kappa shape index (κ2) is 24.3. The van der Waals surface area contributed by atoms with Gasteiger partial charge in [0.05, 0.1) is 53.7 Å². The van der Waals surface area contributed by atoms with Crippen LogP contribution in [0.15, 0.2) is 0 Å². The number of aliphatic hydroxyl groups excluding tert-OH is 2. The number of rotatable bonds is 16. The van der Waals surface area contributed by atoms with Gasteiger partial charge in [-0.2, -0.15) is 25.3 Å². The Morgan fingerprint density at radius 2 is 1.52 bits per heavy atom. The fraction of sp³-hybridized carbons (Fsp3) is 0.935. The number of esters is 2. The molecule has 15 nitrogen and oxygen atoms in total. The first-order valence-electron chi connectivity index (χ1n) is 23.0. The lowest BCUT2D eigenvalue weighted by Crippen LogP contribution is -2.62. The highest BCUT2D eigenvalue weighted by atomic mass is 32.1. The van der Waals surface area contributed by atoms with Crippen LogP contribution < -0.4 is 0 Å². The van der Waals surface area contributed by atoms with Gasteiger partial charge in [-0.25, -0.2) is 0 Å². The van der Waals surface area contributed by atoms with Gasteiger partial charge >= 0.3 is 11.9 Å². The molecule has 0 aromatic carbocycles. The number of methoxy groups -OCH3 is 2. The molecule has 0 amide bonds. The van der Waals surface area contributed by atoms with E-state index in [4.69, 9.17) is 37.9 Å². The summed E-state index contributed by atoms with van der Waals surface area (Å²) in [6.07, 6.45) is -5.68. The molecule has 0 radical (unpaired) electrons. The molecule has 3 saturated heterocycles. The minimum absolute atomic E-state index is 0.0768. The van der Waals surface area contributed by atoms with Crippen LogP contribution >= 0.6 is 25.3 Å².